The Morgan fingerprint density at radius 2 is 1.83 bits per heavy atom. The lowest BCUT2D eigenvalue weighted by Crippen LogP contribution is -2.08. The van der Waals surface area contributed by atoms with E-state index in [1.807, 2.05) is 18.2 Å². The smallest absolute Gasteiger partial charge is 0.0500 e. The molecule has 1 nitrogen and oxygen atoms in total. The summed E-state index contributed by atoms with van der Waals surface area (Å²) in [6, 6.07) is 14.4. The van der Waals surface area contributed by atoms with Crippen LogP contribution in [-0.4, -0.2) is 0 Å². The molecule has 0 aliphatic rings. The fourth-order valence-corrected chi connectivity index (χ4v) is 2.70. The normalized spacial score (nSPS) is 12.2. The maximum atomic E-state index is 6.21. The van der Waals surface area contributed by atoms with Crippen molar-refractivity contribution >= 4 is 39.9 Å². The highest BCUT2D eigenvalue weighted by Gasteiger charge is 2.10. The van der Waals surface area contributed by atoms with Crippen LogP contribution in [0.2, 0.25) is 5.02 Å². The van der Waals surface area contributed by atoms with Gasteiger partial charge in [-0.05, 0) is 65.8 Å². The highest BCUT2D eigenvalue weighted by Crippen LogP contribution is 2.28. The van der Waals surface area contributed by atoms with Gasteiger partial charge in [0.05, 0.1) is 0 Å². The van der Waals surface area contributed by atoms with Crippen molar-refractivity contribution in [3.8, 4) is 0 Å². The lowest BCUT2D eigenvalue weighted by Gasteiger charge is -2.19. The lowest BCUT2D eigenvalue weighted by molar-refractivity contribution is 0.882. The third-order valence-corrected chi connectivity index (χ3v) is 4.52. The predicted molar refractivity (Wildman–Crippen MR) is 87.4 cm³/mol. The maximum Gasteiger partial charge on any atom is 0.0500 e. The summed E-state index contributed by atoms with van der Waals surface area (Å²) in [5.74, 6) is 0. The summed E-state index contributed by atoms with van der Waals surface area (Å²) < 4.78 is 1.27. The van der Waals surface area contributed by atoms with Crippen molar-refractivity contribution in [2.75, 3.05) is 5.32 Å². The van der Waals surface area contributed by atoms with E-state index < -0.39 is 0 Å². The Hall–Kier alpha value is -0.740. The molecule has 0 aromatic heterocycles. The first-order chi connectivity index (χ1) is 8.59. The summed E-state index contributed by atoms with van der Waals surface area (Å²) in [7, 11) is 0. The van der Waals surface area contributed by atoms with Gasteiger partial charge < -0.3 is 5.32 Å². The van der Waals surface area contributed by atoms with Crippen molar-refractivity contribution in [1.82, 2.24) is 0 Å². The SMILES string of the molecule is Cc1c(I)cccc1NC(C)c1ccccc1Cl. The summed E-state index contributed by atoms with van der Waals surface area (Å²) in [5, 5.41) is 4.33. The van der Waals surface area contributed by atoms with Gasteiger partial charge in [0, 0.05) is 20.3 Å². The fourth-order valence-electron chi connectivity index (χ4n) is 1.90. The number of benzene rings is 2. The Labute approximate surface area is 127 Å². The van der Waals surface area contributed by atoms with E-state index in [2.05, 4.69) is 66.0 Å². The van der Waals surface area contributed by atoms with E-state index in [-0.39, 0.29) is 6.04 Å². The molecule has 0 heterocycles. The van der Waals surface area contributed by atoms with Gasteiger partial charge in [-0.2, -0.15) is 0 Å². The second-order valence-electron chi connectivity index (χ2n) is 4.30. The van der Waals surface area contributed by atoms with Crippen LogP contribution < -0.4 is 5.32 Å². The number of anilines is 1. The Morgan fingerprint density at radius 3 is 2.56 bits per heavy atom. The zero-order valence-corrected chi connectivity index (χ0v) is 13.3. The summed E-state index contributed by atoms with van der Waals surface area (Å²) in [6.07, 6.45) is 0. The summed E-state index contributed by atoms with van der Waals surface area (Å²) in [5.41, 5.74) is 3.56. The molecule has 0 saturated heterocycles. The zero-order chi connectivity index (χ0) is 13.1. The average Bonchev–Trinajstić information content (AvgIpc) is 2.35. The van der Waals surface area contributed by atoms with Crippen molar-refractivity contribution < 1.29 is 0 Å². The first-order valence-corrected chi connectivity index (χ1v) is 7.31. The molecule has 94 valence electrons. The van der Waals surface area contributed by atoms with Crippen LogP contribution in [0.1, 0.15) is 24.1 Å². The molecule has 0 amide bonds. The van der Waals surface area contributed by atoms with E-state index in [1.165, 1.54) is 9.13 Å². The third kappa shape index (κ3) is 2.98. The van der Waals surface area contributed by atoms with Gasteiger partial charge in [-0.1, -0.05) is 35.9 Å². The van der Waals surface area contributed by atoms with E-state index in [4.69, 9.17) is 11.6 Å². The summed E-state index contributed by atoms with van der Waals surface area (Å²) >= 11 is 8.57. The first kappa shape index (κ1) is 13.7. The Balaban J connectivity index is 2.24. The number of hydrogen-bond acceptors (Lipinski definition) is 1. The highest BCUT2D eigenvalue weighted by atomic mass is 127. The molecule has 0 bridgehead atoms. The van der Waals surface area contributed by atoms with Gasteiger partial charge >= 0.3 is 0 Å². The molecule has 0 aliphatic heterocycles. The van der Waals surface area contributed by atoms with Crippen molar-refractivity contribution in [2.24, 2.45) is 0 Å². The molecule has 18 heavy (non-hydrogen) atoms. The van der Waals surface area contributed by atoms with E-state index >= 15 is 0 Å². The largest absolute Gasteiger partial charge is 0.378 e. The quantitative estimate of drug-likeness (QED) is 0.710. The van der Waals surface area contributed by atoms with Gasteiger partial charge in [-0.25, -0.2) is 0 Å². The number of hydrogen-bond donors (Lipinski definition) is 1. The van der Waals surface area contributed by atoms with Crippen molar-refractivity contribution in [2.45, 2.75) is 19.9 Å². The second kappa shape index (κ2) is 5.93. The maximum absolute atomic E-state index is 6.21. The Kier molecular flexibility index (Phi) is 4.51. The molecule has 0 spiro atoms. The number of halogens is 2. The summed E-state index contributed by atoms with van der Waals surface area (Å²) in [4.78, 5) is 0. The van der Waals surface area contributed by atoms with Crippen LogP contribution in [0, 0.1) is 10.5 Å². The molecule has 2 rings (SSSR count). The molecule has 0 aliphatic carbocycles. The van der Waals surface area contributed by atoms with Crippen molar-refractivity contribution in [3.05, 3.63) is 62.2 Å². The van der Waals surface area contributed by atoms with Crippen LogP contribution in [0.4, 0.5) is 5.69 Å². The average molecular weight is 372 g/mol. The van der Waals surface area contributed by atoms with E-state index in [1.54, 1.807) is 0 Å². The molecule has 0 fully saturated rings. The second-order valence-corrected chi connectivity index (χ2v) is 5.87. The van der Waals surface area contributed by atoms with Gasteiger partial charge in [-0.3, -0.25) is 0 Å². The van der Waals surface area contributed by atoms with Gasteiger partial charge in [0.25, 0.3) is 0 Å². The standard InChI is InChI=1S/C15H15ClIN/c1-10-14(17)8-5-9-15(10)18-11(2)12-6-3-4-7-13(12)16/h3-9,11,18H,1-2H3. The monoisotopic (exact) mass is 371 g/mol. The minimum atomic E-state index is 0.190. The third-order valence-electron chi connectivity index (χ3n) is 3.01. The molecule has 2 aromatic rings. The number of rotatable bonds is 3. The molecular weight excluding hydrogens is 357 g/mol. The van der Waals surface area contributed by atoms with E-state index in [0.717, 1.165) is 16.3 Å². The number of nitrogens with one attached hydrogen (secondary N) is 1. The van der Waals surface area contributed by atoms with Crippen LogP contribution in [0.5, 0.6) is 0 Å². The van der Waals surface area contributed by atoms with Crippen molar-refractivity contribution in [3.63, 3.8) is 0 Å². The Morgan fingerprint density at radius 1 is 1.11 bits per heavy atom. The van der Waals surface area contributed by atoms with Gasteiger partial charge in [-0.15, -0.1) is 0 Å². The molecule has 2 aromatic carbocycles. The van der Waals surface area contributed by atoms with Gasteiger partial charge in [0.1, 0.15) is 0 Å². The van der Waals surface area contributed by atoms with Crippen LogP contribution in [0.25, 0.3) is 0 Å². The molecule has 3 heteroatoms. The van der Waals surface area contributed by atoms with E-state index in [9.17, 15) is 0 Å². The highest BCUT2D eigenvalue weighted by molar-refractivity contribution is 14.1. The minimum Gasteiger partial charge on any atom is -0.378 e. The molecule has 1 N–H and O–H groups in total. The molecular formula is C15H15ClIN. The van der Waals surface area contributed by atoms with E-state index in [0.29, 0.717) is 0 Å². The topological polar surface area (TPSA) is 12.0 Å². The van der Waals surface area contributed by atoms with Crippen LogP contribution >= 0.6 is 34.2 Å². The predicted octanol–water partition coefficient (Wildman–Crippen LogP) is 5.43. The van der Waals surface area contributed by atoms with Crippen LogP contribution in [0.15, 0.2) is 42.5 Å². The Bertz CT molecular complexity index is 554. The van der Waals surface area contributed by atoms with Gasteiger partial charge in [0.15, 0.2) is 0 Å². The molecule has 1 unspecified atom stereocenters. The first-order valence-electron chi connectivity index (χ1n) is 5.85. The summed E-state index contributed by atoms with van der Waals surface area (Å²) in [6.45, 7) is 4.25. The minimum absolute atomic E-state index is 0.190. The van der Waals surface area contributed by atoms with Crippen molar-refractivity contribution in [1.29, 1.82) is 0 Å². The molecule has 0 radical (unpaired) electrons. The lowest BCUT2D eigenvalue weighted by atomic mass is 10.1. The zero-order valence-electron chi connectivity index (χ0n) is 10.4. The fraction of sp³-hybridized carbons (Fsp3) is 0.200. The van der Waals surface area contributed by atoms with Crippen LogP contribution in [0.3, 0.4) is 0 Å². The molecule has 0 saturated carbocycles. The molecule has 1 atom stereocenters. The van der Waals surface area contributed by atoms with Crippen LogP contribution in [-0.2, 0) is 0 Å². The van der Waals surface area contributed by atoms with Gasteiger partial charge in [0.2, 0.25) is 0 Å².